The van der Waals surface area contributed by atoms with Gasteiger partial charge < -0.3 is 10.6 Å². The van der Waals surface area contributed by atoms with E-state index in [1.807, 2.05) is 0 Å². The van der Waals surface area contributed by atoms with Gasteiger partial charge in [-0.3, -0.25) is 5.41 Å². The number of guanidine groups is 1. The maximum Gasteiger partial charge on any atom is 0.193 e. The molecule has 0 amide bonds. The van der Waals surface area contributed by atoms with Gasteiger partial charge in [0.2, 0.25) is 0 Å². The van der Waals surface area contributed by atoms with Crippen molar-refractivity contribution in [2.75, 3.05) is 5.32 Å². The van der Waals surface area contributed by atoms with Crippen LogP contribution in [0.4, 0.5) is 5.69 Å². The molecule has 0 spiro atoms. The second-order valence-corrected chi connectivity index (χ2v) is 9.13. The molecule has 4 saturated carbocycles. The summed E-state index contributed by atoms with van der Waals surface area (Å²) in [5.41, 5.74) is 3.72. The highest BCUT2D eigenvalue weighted by Gasteiger charge is 2.51. The Balaban J connectivity index is 1.26. The molecule has 4 fully saturated rings. The maximum absolute atomic E-state index is 8.61. The topological polar surface area (TPSA) is 47.9 Å². The maximum atomic E-state index is 8.61. The molecule has 3 nitrogen and oxygen atoms in total. The average molecular weight is 343 g/mol. The smallest absolute Gasteiger partial charge is 0.193 e. The fraction of sp³-hybridized carbons (Fsp3) is 0.435. The highest BCUT2D eigenvalue weighted by molar-refractivity contribution is 6.10. The van der Waals surface area contributed by atoms with E-state index in [0.29, 0.717) is 5.96 Å². The first-order valence-electron chi connectivity index (χ1n) is 10.1. The molecule has 0 unspecified atom stereocenters. The summed E-state index contributed by atoms with van der Waals surface area (Å²) in [6, 6.07) is 10.7. The van der Waals surface area contributed by atoms with E-state index < -0.39 is 0 Å². The molecule has 2 aromatic carbocycles. The molecule has 0 heterocycles. The molecule has 0 aromatic heterocycles. The van der Waals surface area contributed by atoms with Crippen LogP contribution < -0.4 is 10.6 Å². The molecule has 26 heavy (non-hydrogen) atoms. The fourth-order valence-electron chi connectivity index (χ4n) is 6.73. The Morgan fingerprint density at radius 3 is 2.38 bits per heavy atom. The summed E-state index contributed by atoms with van der Waals surface area (Å²) in [5.74, 6) is 3.15. The predicted molar refractivity (Wildman–Crippen MR) is 108 cm³/mol. The van der Waals surface area contributed by atoms with Gasteiger partial charge in [0, 0.05) is 16.8 Å². The van der Waals surface area contributed by atoms with E-state index in [2.05, 4.69) is 53.1 Å². The third kappa shape index (κ3) is 2.16. The first-order valence-corrected chi connectivity index (χ1v) is 10.1. The summed E-state index contributed by atoms with van der Waals surface area (Å²) in [6.45, 7) is 0. The second-order valence-electron chi connectivity index (χ2n) is 9.13. The molecule has 5 aliphatic carbocycles. The van der Waals surface area contributed by atoms with Crippen LogP contribution in [0.25, 0.3) is 22.9 Å². The van der Waals surface area contributed by atoms with E-state index in [-0.39, 0.29) is 5.54 Å². The molecule has 0 radical (unpaired) electrons. The van der Waals surface area contributed by atoms with Crippen LogP contribution in [-0.2, 0) is 0 Å². The van der Waals surface area contributed by atoms with Gasteiger partial charge in [-0.15, -0.1) is 0 Å². The predicted octanol–water partition coefficient (Wildman–Crippen LogP) is 5.23. The van der Waals surface area contributed by atoms with Gasteiger partial charge in [-0.25, -0.2) is 0 Å². The lowest BCUT2D eigenvalue weighted by Gasteiger charge is -2.57. The van der Waals surface area contributed by atoms with Gasteiger partial charge >= 0.3 is 0 Å². The second kappa shape index (κ2) is 5.12. The lowest BCUT2D eigenvalue weighted by molar-refractivity contribution is -0.0101. The van der Waals surface area contributed by atoms with E-state index in [1.54, 1.807) is 0 Å². The molecule has 4 bridgehead atoms. The van der Waals surface area contributed by atoms with Crippen LogP contribution in [-0.4, -0.2) is 11.5 Å². The molecule has 0 atom stereocenters. The minimum absolute atomic E-state index is 0.178. The molecule has 132 valence electrons. The molecule has 2 aromatic rings. The first-order chi connectivity index (χ1) is 12.7. The molecule has 0 aliphatic heterocycles. The standard InChI is InChI=1S/C23H25N3/c24-22(26-23-11-14-8-15(12-23)10-16(9-14)13-23)25-20-7-5-18-3-1-2-17-4-6-19(20)21(17)18/h1-7,14-16H,8-13H2,(H3,24,25,26). The van der Waals surface area contributed by atoms with Crippen LogP contribution in [0, 0.1) is 23.2 Å². The van der Waals surface area contributed by atoms with Crippen molar-refractivity contribution in [3.05, 3.63) is 41.5 Å². The van der Waals surface area contributed by atoms with Crippen LogP contribution in [0.1, 0.15) is 49.7 Å². The SMILES string of the molecule is N=C(Nc1ccc2cccc3c2c1C=C3)NC12CC3CC(CC(C3)C1)C2. The van der Waals surface area contributed by atoms with Crippen LogP contribution in [0.5, 0.6) is 0 Å². The van der Waals surface area contributed by atoms with Crippen molar-refractivity contribution in [3.8, 4) is 0 Å². The number of benzene rings is 2. The fourth-order valence-corrected chi connectivity index (χ4v) is 6.73. The van der Waals surface area contributed by atoms with Gasteiger partial charge in [-0.05, 0) is 78.7 Å². The van der Waals surface area contributed by atoms with Gasteiger partial charge in [0.1, 0.15) is 0 Å². The quantitative estimate of drug-likeness (QED) is 0.441. The molecule has 3 N–H and O–H groups in total. The minimum Gasteiger partial charge on any atom is -0.351 e. The number of hydrogen-bond donors (Lipinski definition) is 3. The highest BCUT2D eigenvalue weighted by atomic mass is 15.2. The third-order valence-corrected chi connectivity index (χ3v) is 7.24. The van der Waals surface area contributed by atoms with E-state index in [1.165, 1.54) is 60.4 Å². The largest absolute Gasteiger partial charge is 0.351 e. The van der Waals surface area contributed by atoms with Gasteiger partial charge in [0.05, 0.1) is 0 Å². The van der Waals surface area contributed by atoms with Crippen LogP contribution in [0.15, 0.2) is 30.3 Å². The average Bonchev–Trinajstić information content (AvgIpc) is 3.02. The lowest BCUT2D eigenvalue weighted by atomic mass is 9.53. The summed E-state index contributed by atoms with van der Waals surface area (Å²) in [6.07, 6.45) is 12.4. The van der Waals surface area contributed by atoms with Crippen molar-refractivity contribution in [1.82, 2.24) is 5.32 Å². The van der Waals surface area contributed by atoms with E-state index >= 15 is 0 Å². The van der Waals surface area contributed by atoms with Gasteiger partial charge in [0.15, 0.2) is 5.96 Å². The Hall–Kier alpha value is -2.29. The Morgan fingerprint density at radius 1 is 0.923 bits per heavy atom. The van der Waals surface area contributed by atoms with E-state index in [9.17, 15) is 0 Å². The van der Waals surface area contributed by atoms with E-state index in [4.69, 9.17) is 5.41 Å². The zero-order valence-corrected chi connectivity index (χ0v) is 15.0. The molecule has 0 saturated heterocycles. The monoisotopic (exact) mass is 343 g/mol. The lowest BCUT2D eigenvalue weighted by Crippen LogP contribution is -2.60. The Bertz CT molecular complexity index is 920. The zero-order valence-electron chi connectivity index (χ0n) is 15.0. The molecular formula is C23H25N3. The molecule has 5 aliphatic rings. The van der Waals surface area contributed by atoms with Gasteiger partial charge in [-0.2, -0.15) is 0 Å². The minimum atomic E-state index is 0.178. The van der Waals surface area contributed by atoms with Crippen molar-refractivity contribution in [2.45, 2.75) is 44.1 Å². The zero-order chi connectivity index (χ0) is 17.3. The Kier molecular flexibility index (Phi) is 2.92. The van der Waals surface area contributed by atoms with Gasteiger partial charge in [0.25, 0.3) is 0 Å². The highest BCUT2D eigenvalue weighted by Crippen LogP contribution is 2.55. The third-order valence-electron chi connectivity index (χ3n) is 7.24. The van der Waals surface area contributed by atoms with Crippen LogP contribution in [0.2, 0.25) is 0 Å². The number of nitrogens with one attached hydrogen (secondary N) is 3. The number of hydrogen-bond acceptors (Lipinski definition) is 1. The normalized spacial score (nSPS) is 33.0. The molecular weight excluding hydrogens is 318 g/mol. The van der Waals surface area contributed by atoms with Crippen molar-refractivity contribution in [1.29, 1.82) is 5.41 Å². The van der Waals surface area contributed by atoms with Crippen molar-refractivity contribution in [2.24, 2.45) is 17.8 Å². The summed E-state index contributed by atoms with van der Waals surface area (Å²) in [4.78, 5) is 0. The van der Waals surface area contributed by atoms with Crippen LogP contribution >= 0.6 is 0 Å². The van der Waals surface area contributed by atoms with Crippen molar-refractivity contribution >= 4 is 34.6 Å². The Morgan fingerprint density at radius 2 is 1.65 bits per heavy atom. The number of anilines is 1. The summed E-state index contributed by atoms with van der Waals surface area (Å²) in [7, 11) is 0. The number of rotatable bonds is 2. The van der Waals surface area contributed by atoms with Crippen molar-refractivity contribution < 1.29 is 0 Å². The van der Waals surface area contributed by atoms with Crippen molar-refractivity contribution in [3.63, 3.8) is 0 Å². The van der Waals surface area contributed by atoms with E-state index in [0.717, 1.165) is 23.4 Å². The molecule has 7 rings (SSSR count). The van der Waals surface area contributed by atoms with Gasteiger partial charge in [-0.1, -0.05) is 36.4 Å². The summed E-state index contributed by atoms with van der Waals surface area (Å²) >= 11 is 0. The first kappa shape index (κ1) is 14.8. The summed E-state index contributed by atoms with van der Waals surface area (Å²) < 4.78 is 0. The molecule has 3 heteroatoms. The van der Waals surface area contributed by atoms with Crippen LogP contribution in [0.3, 0.4) is 0 Å². The summed E-state index contributed by atoms with van der Waals surface area (Å²) in [5, 5.41) is 18.2. The Labute approximate surface area is 154 Å².